The minimum absolute atomic E-state index is 0.198. The van der Waals surface area contributed by atoms with Gasteiger partial charge in [-0.3, -0.25) is 4.79 Å². The van der Waals surface area contributed by atoms with Gasteiger partial charge in [0, 0.05) is 5.75 Å². The molecule has 5 heteroatoms. The van der Waals surface area contributed by atoms with Gasteiger partial charge in [-0.15, -0.1) is 0 Å². The molecule has 0 radical (unpaired) electrons. The van der Waals surface area contributed by atoms with E-state index < -0.39 is 5.97 Å². The molecule has 0 aliphatic rings. The first kappa shape index (κ1) is 12.0. The Morgan fingerprint density at radius 1 is 1.53 bits per heavy atom. The number of nitrogens with one attached hydrogen (secondary N) is 1. The predicted octanol–water partition coefficient (Wildman–Crippen LogP) is 2.58. The highest BCUT2D eigenvalue weighted by Gasteiger charge is 2.03. The minimum atomic E-state index is -0.752. The average Bonchev–Trinajstić information content (AvgIpc) is 2.66. The van der Waals surface area contributed by atoms with Crippen LogP contribution in [0.25, 0.3) is 11.0 Å². The van der Waals surface area contributed by atoms with E-state index >= 15 is 0 Å². The van der Waals surface area contributed by atoms with Crippen LogP contribution in [-0.2, 0) is 10.5 Å². The molecule has 1 heterocycles. The molecule has 0 saturated heterocycles. The van der Waals surface area contributed by atoms with Crippen molar-refractivity contribution in [1.82, 2.24) is 9.97 Å². The van der Waals surface area contributed by atoms with Crippen molar-refractivity contribution in [2.75, 3.05) is 5.75 Å². The lowest BCUT2D eigenvalue weighted by Gasteiger charge is -1.95. The predicted molar refractivity (Wildman–Crippen MR) is 69.2 cm³/mol. The lowest BCUT2D eigenvalue weighted by Crippen LogP contribution is -1.96. The zero-order valence-electron chi connectivity index (χ0n) is 9.56. The molecule has 2 rings (SSSR count). The van der Waals surface area contributed by atoms with Gasteiger partial charge in [0.1, 0.15) is 5.82 Å². The number of aromatic nitrogens is 2. The summed E-state index contributed by atoms with van der Waals surface area (Å²) in [5.41, 5.74) is 3.20. The van der Waals surface area contributed by atoms with Crippen molar-refractivity contribution in [1.29, 1.82) is 0 Å². The molecule has 90 valence electrons. The summed E-state index contributed by atoms with van der Waals surface area (Å²) in [5.74, 6) is 1.49. The van der Waals surface area contributed by atoms with Crippen LogP contribution in [0.4, 0.5) is 0 Å². The van der Waals surface area contributed by atoms with Crippen molar-refractivity contribution >= 4 is 28.8 Å². The number of nitrogens with zero attached hydrogens (tertiary/aromatic N) is 1. The van der Waals surface area contributed by atoms with E-state index in [0.29, 0.717) is 5.75 Å². The highest BCUT2D eigenvalue weighted by Crippen LogP contribution is 2.17. The number of carboxylic acids is 1. The molecule has 0 saturated carbocycles. The van der Waals surface area contributed by atoms with Crippen LogP contribution < -0.4 is 0 Å². The average molecular weight is 250 g/mol. The normalized spacial score (nSPS) is 10.9. The molecule has 0 unspecified atom stereocenters. The second-order valence-corrected chi connectivity index (χ2v) is 5.01. The number of imidazole rings is 1. The topological polar surface area (TPSA) is 66.0 Å². The molecule has 2 aromatic rings. The van der Waals surface area contributed by atoms with Gasteiger partial charge >= 0.3 is 5.97 Å². The molecular weight excluding hydrogens is 236 g/mol. The van der Waals surface area contributed by atoms with Gasteiger partial charge in [-0.2, -0.15) is 11.8 Å². The van der Waals surface area contributed by atoms with E-state index in [1.165, 1.54) is 5.56 Å². The summed E-state index contributed by atoms with van der Waals surface area (Å²) in [5, 5.41) is 8.52. The number of hydrogen-bond acceptors (Lipinski definition) is 3. The van der Waals surface area contributed by atoms with Crippen molar-refractivity contribution in [3.8, 4) is 0 Å². The molecule has 1 aromatic carbocycles. The Hall–Kier alpha value is -1.49. The van der Waals surface area contributed by atoms with Gasteiger partial charge in [-0.05, 0) is 24.6 Å². The maximum atomic E-state index is 10.4. The van der Waals surface area contributed by atoms with Crippen molar-refractivity contribution in [2.24, 2.45) is 0 Å². The van der Waals surface area contributed by atoms with Gasteiger partial charge < -0.3 is 10.1 Å². The van der Waals surface area contributed by atoms with Gasteiger partial charge in [0.2, 0.25) is 0 Å². The van der Waals surface area contributed by atoms with Crippen LogP contribution >= 0.6 is 11.8 Å². The summed E-state index contributed by atoms with van der Waals surface area (Å²) in [7, 11) is 0. The van der Waals surface area contributed by atoms with E-state index in [9.17, 15) is 4.79 Å². The third kappa shape index (κ3) is 3.23. The number of aryl methyl sites for hydroxylation is 1. The summed E-state index contributed by atoms with van der Waals surface area (Å²) in [6.07, 6.45) is 0.198. The van der Waals surface area contributed by atoms with Gasteiger partial charge in [0.25, 0.3) is 0 Å². The zero-order chi connectivity index (χ0) is 12.3. The van der Waals surface area contributed by atoms with Gasteiger partial charge in [-0.1, -0.05) is 6.07 Å². The number of carboxylic acid groups (broad SMARTS) is 1. The molecular formula is C12H14N2O2S. The number of benzene rings is 1. The molecule has 4 nitrogen and oxygen atoms in total. The van der Waals surface area contributed by atoms with Crippen LogP contribution in [0.5, 0.6) is 0 Å². The fraction of sp³-hybridized carbons (Fsp3) is 0.333. The minimum Gasteiger partial charge on any atom is -0.481 e. The van der Waals surface area contributed by atoms with Crippen LogP contribution in [-0.4, -0.2) is 26.8 Å². The highest BCUT2D eigenvalue weighted by molar-refractivity contribution is 7.98. The second kappa shape index (κ2) is 5.23. The van der Waals surface area contributed by atoms with Crippen LogP contribution in [0.15, 0.2) is 18.2 Å². The molecule has 0 spiro atoms. The summed E-state index contributed by atoms with van der Waals surface area (Å²) < 4.78 is 0. The number of aliphatic carboxylic acids is 1. The summed E-state index contributed by atoms with van der Waals surface area (Å²) in [6, 6.07) is 6.09. The molecule has 2 N–H and O–H groups in total. The van der Waals surface area contributed by atoms with E-state index in [2.05, 4.69) is 16.0 Å². The Balaban J connectivity index is 1.97. The Kier molecular flexibility index (Phi) is 3.68. The molecule has 1 aromatic heterocycles. The number of fused-ring (bicyclic) bond motifs is 1. The first-order chi connectivity index (χ1) is 8.15. The summed E-state index contributed by atoms with van der Waals surface area (Å²) >= 11 is 1.58. The fourth-order valence-electron chi connectivity index (χ4n) is 1.57. The maximum absolute atomic E-state index is 10.4. The number of hydrogen-bond donors (Lipinski definition) is 2. The van der Waals surface area contributed by atoms with Gasteiger partial charge in [-0.25, -0.2) is 4.98 Å². The zero-order valence-corrected chi connectivity index (χ0v) is 10.4. The van der Waals surface area contributed by atoms with Crippen molar-refractivity contribution in [2.45, 2.75) is 19.1 Å². The Morgan fingerprint density at radius 3 is 3.12 bits per heavy atom. The Morgan fingerprint density at radius 2 is 2.35 bits per heavy atom. The van der Waals surface area contributed by atoms with Crippen LogP contribution in [0.1, 0.15) is 17.8 Å². The largest absolute Gasteiger partial charge is 0.481 e. The lowest BCUT2D eigenvalue weighted by molar-refractivity contribution is -0.136. The summed E-state index contributed by atoms with van der Waals surface area (Å²) in [4.78, 5) is 18.0. The Labute approximate surface area is 103 Å². The van der Waals surface area contributed by atoms with Crippen molar-refractivity contribution < 1.29 is 9.90 Å². The summed E-state index contributed by atoms with van der Waals surface area (Å²) in [6.45, 7) is 2.04. The SMILES string of the molecule is Cc1ccc2nc(CSCCC(=O)O)[nH]c2c1. The fourth-order valence-corrected chi connectivity index (χ4v) is 2.37. The van der Waals surface area contributed by atoms with Crippen molar-refractivity contribution in [3.05, 3.63) is 29.6 Å². The van der Waals surface area contributed by atoms with E-state index in [1.807, 2.05) is 19.1 Å². The maximum Gasteiger partial charge on any atom is 0.304 e. The highest BCUT2D eigenvalue weighted by atomic mass is 32.2. The van der Waals surface area contributed by atoms with E-state index in [4.69, 9.17) is 5.11 Å². The molecule has 0 amide bonds. The smallest absolute Gasteiger partial charge is 0.304 e. The Bertz CT molecular complexity index is 536. The molecule has 0 fully saturated rings. The molecule has 0 aliphatic carbocycles. The van der Waals surface area contributed by atoms with Gasteiger partial charge in [0.15, 0.2) is 0 Å². The lowest BCUT2D eigenvalue weighted by atomic mass is 10.2. The first-order valence-corrected chi connectivity index (χ1v) is 6.55. The number of rotatable bonds is 5. The van der Waals surface area contributed by atoms with Crippen LogP contribution in [0, 0.1) is 6.92 Å². The van der Waals surface area contributed by atoms with Gasteiger partial charge in [0.05, 0.1) is 23.2 Å². The number of H-pyrrole nitrogens is 1. The number of aromatic amines is 1. The monoisotopic (exact) mass is 250 g/mol. The van der Waals surface area contributed by atoms with Crippen molar-refractivity contribution in [3.63, 3.8) is 0 Å². The quantitative estimate of drug-likeness (QED) is 0.800. The second-order valence-electron chi connectivity index (χ2n) is 3.90. The van der Waals surface area contributed by atoms with E-state index in [0.717, 1.165) is 22.6 Å². The molecule has 17 heavy (non-hydrogen) atoms. The van der Waals surface area contributed by atoms with E-state index in [-0.39, 0.29) is 6.42 Å². The van der Waals surface area contributed by atoms with Crippen LogP contribution in [0.3, 0.4) is 0 Å². The standard InChI is InChI=1S/C12H14N2O2S/c1-8-2-3-9-10(6-8)14-11(13-9)7-17-5-4-12(15)16/h2-3,6H,4-5,7H2,1H3,(H,13,14)(H,15,16). The molecule has 0 atom stereocenters. The molecule has 0 bridgehead atoms. The number of carbonyl (C=O) groups is 1. The third-order valence-corrected chi connectivity index (χ3v) is 3.36. The van der Waals surface area contributed by atoms with E-state index in [1.54, 1.807) is 11.8 Å². The molecule has 0 aliphatic heterocycles. The third-order valence-electron chi connectivity index (χ3n) is 2.39. The number of thioether (sulfide) groups is 1. The first-order valence-electron chi connectivity index (χ1n) is 5.40. The van der Waals surface area contributed by atoms with Crippen LogP contribution in [0.2, 0.25) is 0 Å².